The molecular weight excluding hydrogens is 372 g/mol. The molecule has 9 heteroatoms. The van der Waals surface area contributed by atoms with Gasteiger partial charge >= 0.3 is 5.97 Å². The Morgan fingerprint density at radius 2 is 2.00 bits per heavy atom. The second-order valence-electron chi connectivity index (χ2n) is 7.58. The second-order valence-corrected chi connectivity index (χ2v) is 7.58. The normalized spacial score (nSPS) is 17.6. The van der Waals surface area contributed by atoms with Crippen molar-refractivity contribution in [1.82, 2.24) is 14.7 Å². The molecule has 1 aliphatic heterocycles. The fourth-order valence-electron chi connectivity index (χ4n) is 2.91. The number of rotatable bonds is 3. The number of nitrogens with zero attached hydrogens (tertiary/aromatic N) is 3. The van der Waals surface area contributed by atoms with Crippen LogP contribution in [0.5, 0.6) is 0 Å². The van der Waals surface area contributed by atoms with E-state index < -0.39 is 35.2 Å². The maximum Gasteiger partial charge on any atom is 0.334 e. The van der Waals surface area contributed by atoms with Gasteiger partial charge in [0.2, 0.25) is 0 Å². The Labute approximate surface area is 160 Å². The lowest BCUT2D eigenvalue weighted by molar-refractivity contribution is -0.154. The zero-order valence-corrected chi connectivity index (χ0v) is 15.8. The molecule has 0 spiro atoms. The minimum Gasteiger partial charge on any atom is -0.479 e. The summed E-state index contributed by atoms with van der Waals surface area (Å²) in [7, 11) is 0. The zero-order valence-electron chi connectivity index (χ0n) is 15.8. The van der Waals surface area contributed by atoms with Crippen molar-refractivity contribution in [3.63, 3.8) is 0 Å². The van der Waals surface area contributed by atoms with Crippen LogP contribution in [0.1, 0.15) is 31.1 Å². The third kappa shape index (κ3) is 3.89. The second kappa shape index (κ2) is 7.31. The molecule has 0 bridgehead atoms. The van der Waals surface area contributed by atoms with Crippen LogP contribution in [0.15, 0.2) is 24.4 Å². The summed E-state index contributed by atoms with van der Waals surface area (Å²) in [6.07, 6.45) is 0.382. The number of halogens is 2. The first-order chi connectivity index (χ1) is 13.1. The predicted octanol–water partition coefficient (Wildman–Crippen LogP) is 2.51. The van der Waals surface area contributed by atoms with Gasteiger partial charge in [0.05, 0.1) is 24.3 Å². The fourth-order valence-corrected chi connectivity index (χ4v) is 2.91. The van der Waals surface area contributed by atoms with Gasteiger partial charge in [-0.1, -0.05) is 0 Å². The number of amides is 1. The summed E-state index contributed by atoms with van der Waals surface area (Å²) in [4.78, 5) is 25.6. The molecule has 2 aromatic rings. The highest BCUT2D eigenvalue weighted by Gasteiger charge is 2.33. The Bertz CT molecular complexity index is 920. The lowest BCUT2D eigenvalue weighted by atomic mass is 10.1. The van der Waals surface area contributed by atoms with Crippen molar-refractivity contribution in [2.45, 2.75) is 32.4 Å². The predicted molar refractivity (Wildman–Crippen MR) is 95.9 cm³/mol. The number of benzene rings is 1. The molecule has 2 heterocycles. The van der Waals surface area contributed by atoms with Crippen LogP contribution >= 0.6 is 0 Å². The molecule has 0 aliphatic carbocycles. The molecule has 28 heavy (non-hydrogen) atoms. The molecule has 1 atom stereocenters. The van der Waals surface area contributed by atoms with Crippen molar-refractivity contribution in [3.05, 3.63) is 41.6 Å². The summed E-state index contributed by atoms with van der Waals surface area (Å²) in [5.74, 6) is -3.21. The molecule has 1 aliphatic rings. The highest BCUT2D eigenvalue weighted by atomic mass is 19.1. The number of morpholine rings is 1. The minimum atomic E-state index is -1.16. The van der Waals surface area contributed by atoms with Gasteiger partial charge in [0, 0.05) is 24.4 Å². The number of ether oxygens (including phenoxy) is 1. The molecule has 1 unspecified atom stereocenters. The Kier molecular flexibility index (Phi) is 5.20. The molecule has 1 N–H and O–H groups in total. The summed E-state index contributed by atoms with van der Waals surface area (Å²) >= 11 is 0. The van der Waals surface area contributed by atoms with E-state index in [1.54, 1.807) is 0 Å². The first-order valence-electron chi connectivity index (χ1n) is 8.77. The SMILES string of the molecule is CC(C)(C)n1cc(C(=O)N2CCOC(C(=O)O)C2)c(-c2ccc(F)cc2F)n1. The fraction of sp³-hybridized carbons (Fsp3) is 0.421. The monoisotopic (exact) mass is 393 g/mol. The van der Waals surface area contributed by atoms with E-state index in [0.29, 0.717) is 0 Å². The van der Waals surface area contributed by atoms with Gasteiger partial charge in [-0.05, 0) is 32.9 Å². The lowest BCUT2D eigenvalue weighted by Crippen LogP contribution is -2.48. The summed E-state index contributed by atoms with van der Waals surface area (Å²) in [5, 5.41) is 13.5. The number of carboxylic acid groups (broad SMARTS) is 1. The van der Waals surface area contributed by atoms with Gasteiger partial charge in [-0.3, -0.25) is 9.48 Å². The van der Waals surface area contributed by atoms with E-state index in [0.717, 1.165) is 12.1 Å². The molecule has 7 nitrogen and oxygen atoms in total. The van der Waals surface area contributed by atoms with E-state index in [2.05, 4.69) is 5.10 Å². The highest BCUT2D eigenvalue weighted by Crippen LogP contribution is 2.29. The summed E-state index contributed by atoms with van der Waals surface area (Å²) in [6.45, 7) is 5.77. The van der Waals surface area contributed by atoms with Gasteiger partial charge in [-0.2, -0.15) is 5.10 Å². The van der Waals surface area contributed by atoms with E-state index in [9.17, 15) is 18.4 Å². The van der Waals surface area contributed by atoms with Crippen LogP contribution in [0.25, 0.3) is 11.3 Å². The third-order valence-corrected chi connectivity index (χ3v) is 4.45. The molecule has 3 rings (SSSR count). The van der Waals surface area contributed by atoms with Crippen LogP contribution in [0.3, 0.4) is 0 Å². The van der Waals surface area contributed by atoms with E-state index >= 15 is 0 Å². The number of carbonyl (C=O) groups excluding carboxylic acids is 1. The number of hydrogen-bond donors (Lipinski definition) is 1. The summed E-state index contributed by atoms with van der Waals surface area (Å²) in [6, 6.07) is 3.06. The van der Waals surface area contributed by atoms with Crippen LogP contribution in [-0.2, 0) is 15.1 Å². The lowest BCUT2D eigenvalue weighted by Gasteiger charge is -2.30. The summed E-state index contributed by atoms with van der Waals surface area (Å²) in [5.41, 5.74) is -0.295. The third-order valence-electron chi connectivity index (χ3n) is 4.45. The van der Waals surface area contributed by atoms with E-state index in [1.165, 1.54) is 21.8 Å². The maximum atomic E-state index is 14.4. The number of carboxylic acids is 1. The molecule has 1 aromatic carbocycles. The minimum absolute atomic E-state index is 0.00389. The molecule has 0 radical (unpaired) electrons. The number of hydrogen-bond acceptors (Lipinski definition) is 4. The van der Waals surface area contributed by atoms with Gasteiger partial charge in [-0.15, -0.1) is 0 Å². The Morgan fingerprint density at radius 1 is 1.29 bits per heavy atom. The van der Waals surface area contributed by atoms with E-state index in [-0.39, 0.29) is 36.5 Å². The maximum absolute atomic E-state index is 14.4. The van der Waals surface area contributed by atoms with Crippen molar-refractivity contribution in [3.8, 4) is 11.3 Å². The standard InChI is InChI=1S/C19H21F2N3O4/c1-19(2,3)24-9-13(16(22-24)12-5-4-11(20)8-14(12)21)17(25)23-6-7-28-15(10-23)18(26)27/h4-5,8-9,15H,6-7,10H2,1-3H3,(H,26,27). The van der Waals surface area contributed by atoms with Gasteiger partial charge in [0.15, 0.2) is 6.10 Å². The number of aromatic nitrogens is 2. The molecule has 1 fully saturated rings. The van der Waals surface area contributed by atoms with Crippen molar-refractivity contribution < 1.29 is 28.2 Å². The topological polar surface area (TPSA) is 84.7 Å². The molecule has 1 aromatic heterocycles. The Morgan fingerprint density at radius 3 is 2.61 bits per heavy atom. The van der Waals surface area contributed by atoms with E-state index in [4.69, 9.17) is 9.84 Å². The molecule has 1 amide bonds. The first-order valence-corrected chi connectivity index (χ1v) is 8.77. The van der Waals surface area contributed by atoms with Crippen LogP contribution in [-0.4, -0.2) is 57.5 Å². The zero-order chi connectivity index (χ0) is 20.6. The van der Waals surface area contributed by atoms with Crippen LogP contribution in [0.4, 0.5) is 8.78 Å². The quantitative estimate of drug-likeness (QED) is 0.866. The van der Waals surface area contributed by atoms with Crippen LogP contribution < -0.4 is 0 Å². The van der Waals surface area contributed by atoms with Crippen molar-refractivity contribution in [1.29, 1.82) is 0 Å². The molecule has 1 saturated heterocycles. The van der Waals surface area contributed by atoms with Gasteiger partial charge in [0.1, 0.15) is 17.3 Å². The van der Waals surface area contributed by atoms with Crippen molar-refractivity contribution in [2.24, 2.45) is 0 Å². The average molecular weight is 393 g/mol. The first kappa shape index (κ1) is 19.9. The van der Waals surface area contributed by atoms with Crippen LogP contribution in [0.2, 0.25) is 0 Å². The van der Waals surface area contributed by atoms with E-state index in [1.807, 2.05) is 20.8 Å². The average Bonchev–Trinajstić information content (AvgIpc) is 3.06. The van der Waals surface area contributed by atoms with Gasteiger partial charge in [0.25, 0.3) is 5.91 Å². The number of aliphatic carboxylic acids is 1. The van der Waals surface area contributed by atoms with Gasteiger partial charge < -0.3 is 14.7 Å². The Hall–Kier alpha value is -2.81. The molecular formula is C19H21F2N3O4. The molecule has 0 saturated carbocycles. The smallest absolute Gasteiger partial charge is 0.334 e. The van der Waals surface area contributed by atoms with Crippen molar-refractivity contribution in [2.75, 3.05) is 19.7 Å². The highest BCUT2D eigenvalue weighted by molar-refractivity contribution is 6.00. The number of carbonyl (C=O) groups is 2. The molecule has 150 valence electrons. The Balaban J connectivity index is 2.05. The summed E-state index contributed by atoms with van der Waals surface area (Å²) < 4.78 is 34.4. The van der Waals surface area contributed by atoms with Crippen LogP contribution in [0, 0.1) is 11.6 Å². The van der Waals surface area contributed by atoms with Crippen molar-refractivity contribution >= 4 is 11.9 Å². The largest absolute Gasteiger partial charge is 0.479 e. The van der Waals surface area contributed by atoms with Gasteiger partial charge in [-0.25, -0.2) is 13.6 Å².